The minimum atomic E-state index is -0.630. The lowest BCUT2D eigenvalue weighted by molar-refractivity contribution is -0.127. The van der Waals surface area contributed by atoms with Gasteiger partial charge in [0.25, 0.3) is 0 Å². The maximum Gasteiger partial charge on any atom is 0.355 e. The van der Waals surface area contributed by atoms with Gasteiger partial charge in [-0.25, -0.2) is 37.5 Å². The third-order valence-electron chi connectivity index (χ3n) is 14.8. The Labute approximate surface area is 464 Å². The number of carbonyl (C=O) groups excluding carboxylic acids is 2. The molecule has 2 saturated heterocycles. The number of fused-ring (bicyclic) bond motifs is 2. The van der Waals surface area contributed by atoms with Gasteiger partial charge in [-0.2, -0.15) is 9.97 Å². The molecular weight excluding hydrogens is 1050 g/mol. The van der Waals surface area contributed by atoms with Crippen molar-refractivity contribution in [3.8, 4) is 39.6 Å². The zero-order chi connectivity index (χ0) is 56.0. The second-order valence-corrected chi connectivity index (χ2v) is 21.0. The normalized spacial score (nSPS) is 16.4. The van der Waals surface area contributed by atoms with Crippen molar-refractivity contribution in [3.63, 3.8) is 0 Å². The highest BCUT2D eigenvalue weighted by Crippen LogP contribution is 2.39. The highest BCUT2D eigenvalue weighted by molar-refractivity contribution is 6.34. The fraction of sp³-hybridized carbons (Fsp3) is 0.288. The van der Waals surface area contributed by atoms with Crippen molar-refractivity contribution in [2.75, 3.05) is 56.2 Å². The van der Waals surface area contributed by atoms with Crippen molar-refractivity contribution in [2.45, 2.75) is 65.0 Å². The van der Waals surface area contributed by atoms with Crippen LogP contribution >= 0.6 is 23.2 Å². The first-order chi connectivity index (χ1) is 38.0. The summed E-state index contributed by atoms with van der Waals surface area (Å²) in [6, 6.07) is 20.7. The standard InChI is InChI=1S/C59H57Cl2F2N11O5/c1-8-50(75)69-22-24-71(35(5)31-69)55-42-27-44(60)52(39-16-9-11-17-46(39)62)65-57(42)74(59(78)68-55)49-30-64-29-43(49)34(4)14-13-19-51(76)70-23-25-72(36(6)32-70)54-41-28-45(61)53(40-26-37(79-7)20-21-47(40)63)66-56(41)73(58(77)67-54)48-18-12-10-15-38(48)33(2)3/h8-13,15-21,26-30,33-36,64H,1,14,22-25,31-32H2,2-7H3/b19-13-/t34?,35-,36-/m0/s1. The second-order valence-electron chi connectivity index (χ2n) is 20.2. The summed E-state index contributed by atoms with van der Waals surface area (Å²) in [5.74, 6) is -0.651. The monoisotopic (exact) mass is 1110 g/mol. The molecule has 1 unspecified atom stereocenters. The van der Waals surface area contributed by atoms with Crippen LogP contribution in [-0.2, 0) is 9.59 Å². The largest absolute Gasteiger partial charge is 0.497 e. The van der Waals surface area contributed by atoms with Crippen LogP contribution in [0.15, 0.2) is 126 Å². The minimum Gasteiger partial charge on any atom is -0.497 e. The fourth-order valence-corrected chi connectivity index (χ4v) is 11.2. The first kappa shape index (κ1) is 54.1. The van der Waals surface area contributed by atoms with Gasteiger partial charge in [0, 0.05) is 74.9 Å². The topological polar surface area (TPSA) is 168 Å². The number of piperazine rings is 2. The van der Waals surface area contributed by atoms with Crippen molar-refractivity contribution >= 4 is 68.7 Å². The van der Waals surface area contributed by atoms with Crippen LogP contribution in [-0.4, -0.2) is 114 Å². The van der Waals surface area contributed by atoms with Crippen LogP contribution in [0.4, 0.5) is 20.4 Å². The predicted molar refractivity (Wildman–Crippen MR) is 305 cm³/mol. The Kier molecular flexibility index (Phi) is 15.3. The number of carbonyl (C=O) groups is 2. The summed E-state index contributed by atoms with van der Waals surface area (Å²) in [7, 11) is 1.48. The number of para-hydroxylation sites is 1. The Morgan fingerprint density at radius 3 is 1.85 bits per heavy atom. The van der Waals surface area contributed by atoms with Crippen LogP contribution in [0.5, 0.6) is 5.75 Å². The number of nitrogens with zero attached hydrogens (tertiary/aromatic N) is 10. The molecule has 10 rings (SSSR count). The van der Waals surface area contributed by atoms with E-state index in [1.807, 2.05) is 68.7 Å². The van der Waals surface area contributed by atoms with E-state index in [0.29, 0.717) is 85.2 Å². The Morgan fingerprint density at radius 2 is 1.27 bits per heavy atom. The molecule has 3 atom stereocenters. The van der Waals surface area contributed by atoms with E-state index in [1.165, 1.54) is 46.6 Å². The smallest absolute Gasteiger partial charge is 0.355 e. The number of benzene rings is 3. The van der Waals surface area contributed by atoms with Gasteiger partial charge in [-0.3, -0.25) is 9.59 Å². The number of amides is 2. The third-order valence-corrected chi connectivity index (χ3v) is 15.4. The highest BCUT2D eigenvalue weighted by atomic mass is 35.5. The van der Waals surface area contributed by atoms with E-state index in [4.69, 9.17) is 37.9 Å². The summed E-state index contributed by atoms with van der Waals surface area (Å²) in [5, 5.41) is 1.23. The van der Waals surface area contributed by atoms with E-state index < -0.39 is 23.0 Å². The van der Waals surface area contributed by atoms with Gasteiger partial charge in [0.15, 0.2) is 11.3 Å². The number of hydrogen-bond donors (Lipinski definition) is 1. The van der Waals surface area contributed by atoms with Gasteiger partial charge in [0.05, 0.1) is 50.7 Å². The van der Waals surface area contributed by atoms with E-state index in [1.54, 1.807) is 64.7 Å². The molecule has 0 spiro atoms. The van der Waals surface area contributed by atoms with Gasteiger partial charge in [-0.05, 0) is 104 Å². The average molecular weight is 1110 g/mol. The Morgan fingerprint density at radius 1 is 0.709 bits per heavy atom. The van der Waals surface area contributed by atoms with Crippen LogP contribution in [0.25, 0.3) is 56.0 Å². The zero-order valence-electron chi connectivity index (χ0n) is 44.4. The summed E-state index contributed by atoms with van der Waals surface area (Å²) in [6.07, 6.45) is 8.49. The predicted octanol–water partition coefficient (Wildman–Crippen LogP) is 10.3. The van der Waals surface area contributed by atoms with E-state index in [9.17, 15) is 19.2 Å². The molecule has 1 N–H and O–H groups in total. The summed E-state index contributed by atoms with van der Waals surface area (Å²) in [6.45, 7) is 15.6. The Bertz CT molecular complexity index is 3880. The summed E-state index contributed by atoms with van der Waals surface area (Å²) in [5.41, 5.74) is 2.42. The fourth-order valence-electron chi connectivity index (χ4n) is 10.7. The number of methoxy groups -OCH3 is 1. The van der Waals surface area contributed by atoms with Gasteiger partial charge < -0.3 is 29.3 Å². The van der Waals surface area contributed by atoms with Crippen LogP contribution in [0.1, 0.15) is 64.0 Å². The molecule has 79 heavy (non-hydrogen) atoms. The van der Waals surface area contributed by atoms with E-state index >= 15 is 8.78 Å². The number of hydrogen-bond acceptors (Lipinski definition) is 11. The number of ether oxygens (including phenoxy) is 1. The van der Waals surface area contributed by atoms with E-state index in [-0.39, 0.29) is 79.6 Å². The summed E-state index contributed by atoms with van der Waals surface area (Å²) < 4.78 is 39.2. The lowest BCUT2D eigenvalue weighted by Gasteiger charge is -2.40. The average Bonchev–Trinajstić information content (AvgIpc) is 3.99. The number of aromatic amines is 1. The number of anilines is 2. The second kappa shape index (κ2) is 22.3. The van der Waals surface area contributed by atoms with Crippen LogP contribution < -0.4 is 25.9 Å². The van der Waals surface area contributed by atoms with Gasteiger partial charge in [-0.15, -0.1) is 0 Å². The summed E-state index contributed by atoms with van der Waals surface area (Å²) in [4.78, 5) is 85.1. The van der Waals surface area contributed by atoms with Crippen molar-refractivity contribution in [2.24, 2.45) is 0 Å². The highest BCUT2D eigenvalue weighted by Gasteiger charge is 2.33. The quantitative estimate of drug-likeness (QED) is 0.109. The van der Waals surface area contributed by atoms with E-state index in [0.717, 1.165) is 11.1 Å². The SMILES string of the molecule is C=CC(=O)N1CCN(c2nc(=O)n(-c3c[nH]cc3C(C)C/C=C\C(=O)N3CCN(c4nc(=O)n(-c5ccccc5C(C)C)c5nc(-c6cc(OC)ccc6F)c(Cl)cc45)[C@@H](C)C3)c3nc(-c4ccccc4F)c(Cl)cc23)[C@@H](C)C1. The molecule has 8 aromatic rings. The molecule has 0 aliphatic carbocycles. The van der Waals surface area contributed by atoms with Gasteiger partial charge in [-0.1, -0.05) is 87.0 Å². The Hall–Kier alpha value is -8.22. The molecule has 7 heterocycles. The molecule has 0 bridgehead atoms. The molecule has 16 nitrogen and oxygen atoms in total. The molecule has 2 aliphatic rings. The van der Waals surface area contributed by atoms with E-state index in [2.05, 4.69) is 21.5 Å². The van der Waals surface area contributed by atoms with Crippen molar-refractivity contribution in [1.29, 1.82) is 0 Å². The summed E-state index contributed by atoms with van der Waals surface area (Å²) >= 11 is 13.9. The zero-order valence-corrected chi connectivity index (χ0v) is 45.9. The molecule has 0 saturated carbocycles. The first-order valence-electron chi connectivity index (χ1n) is 26.0. The Balaban J connectivity index is 0.919. The minimum absolute atomic E-state index is 0.0318. The maximum absolute atomic E-state index is 15.5. The molecular formula is C59H57Cl2F2N11O5. The van der Waals surface area contributed by atoms with Crippen molar-refractivity contribution in [1.82, 2.24) is 43.9 Å². The number of rotatable bonds is 13. The van der Waals surface area contributed by atoms with Gasteiger partial charge in [0.2, 0.25) is 11.8 Å². The maximum atomic E-state index is 15.5. The lowest BCUT2D eigenvalue weighted by Crippen LogP contribution is -2.54. The van der Waals surface area contributed by atoms with Crippen LogP contribution in [0.3, 0.4) is 0 Å². The molecule has 5 aromatic heterocycles. The molecule has 3 aromatic carbocycles. The number of pyridine rings is 2. The number of H-pyrrole nitrogens is 1. The van der Waals surface area contributed by atoms with Crippen molar-refractivity contribution in [3.05, 3.63) is 170 Å². The number of halogens is 4. The third kappa shape index (κ3) is 10.3. The molecule has 406 valence electrons. The number of allylic oxidation sites excluding steroid dienone is 1. The van der Waals surface area contributed by atoms with Crippen LogP contribution in [0.2, 0.25) is 10.0 Å². The van der Waals surface area contributed by atoms with Gasteiger partial charge in [0.1, 0.15) is 29.0 Å². The first-order valence-corrected chi connectivity index (χ1v) is 26.7. The molecule has 2 amide bonds. The molecule has 0 radical (unpaired) electrons. The van der Waals surface area contributed by atoms with Crippen molar-refractivity contribution < 1.29 is 23.1 Å². The molecule has 2 aliphatic heterocycles. The lowest BCUT2D eigenvalue weighted by atomic mass is 9.99. The number of nitrogens with one attached hydrogen (secondary N) is 1. The van der Waals surface area contributed by atoms with Crippen LogP contribution in [0, 0.1) is 11.6 Å². The molecule has 20 heteroatoms. The number of aromatic nitrogens is 7. The molecule has 2 fully saturated rings. The van der Waals surface area contributed by atoms with Gasteiger partial charge >= 0.3 is 11.4 Å².